The molecule has 4 heteroatoms. The van der Waals surface area contributed by atoms with Gasteiger partial charge in [0, 0.05) is 10.8 Å². The molecule has 0 radical (unpaired) electrons. The number of nitrogens with zero attached hydrogens (tertiary/aromatic N) is 1. The lowest BCUT2D eigenvalue weighted by Gasteiger charge is -2.11. The number of aliphatic carboxylic acids is 1. The van der Waals surface area contributed by atoms with Crippen molar-refractivity contribution in [2.24, 2.45) is 0 Å². The van der Waals surface area contributed by atoms with E-state index in [2.05, 4.69) is 50.0 Å². The van der Waals surface area contributed by atoms with Crippen LogP contribution in [0.1, 0.15) is 59.3 Å². The van der Waals surface area contributed by atoms with Gasteiger partial charge < -0.3 is 5.11 Å². The lowest BCUT2D eigenvalue weighted by Crippen LogP contribution is -1.99. The van der Waals surface area contributed by atoms with Crippen molar-refractivity contribution >= 4 is 17.3 Å². The largest absolute Gasteiger partial charge is 0.481 e. The molecule has 0 saturated heterocycles. The Bertz CT molecular complexity index is 629. The highest BCUT2D eigenvalue weighted by atomic mass is 32.1. The van der Waals surface area contributed by atoms with E-state index in [0.29, 0.717) is 5.92 Å². The number of thiazole rings is 1. The van der Waals surface area contributed by atoms with Crippen molar-refractivity contribution in [2.45, 2.75) is 46.0 Å². The topological polar surface area (TPSA) is 50.2 Å². The molecule has 2 rings (SSSR count). The zero-order valence-electron chi connectivity index (χ0n) is 12.9. The molecule has 1 aromatic heterocycles. The summed E-state index contributed by atoms with van der Waals surface area (Å²) in [6.07, 6.45) is 0.0580. The van der Waals surface area contributed by atoms with Crippen molar-refractivity contribution in [2.75, 3.05) is 0 Å². The van der Waals surface area contributed by atoms with Crippen LogP contribution in [-0.4, -0.2) is 16.1 Å². The van der Waals surface area contributed by atoms with Crippen LogP contribution in [0.15, 0.2) is 24.3 Å². The van der Waals surface area contributed by atoms with E-state index in [-0.39, 0.29) is 12.3 Å². The van der Waals surface area contributed by atoms with Crippen LogP contribution in [0.5, 0.6) is 0 Å². The van der Waals surface area contributed by atoms with Gasteiger partial charge in [0.15, 0.2) is 0 Å². The van der Waals surface area contributed by atoms with Crippen LogP contribution >= 0.6 is 11.3 Å². The molecule has 112 valence electrons. The molecule has 0 spiro atoms. The Kier molecular flexibility index (Phi) is 4.78. The fourth-order valence-corrected chi connectivity index (χ4v) is 3.39. The molecule has 1 unspecified atom stereocenters. The molecular formula is C17H21NO2S. The first-order valence-electron chi connectivity index (χ1n) is 7.16. The normalized spacial score (nSPS) is 12.6. The molecule has 0 aliphatic carbocycles. The molecular weight excluding hydrogens is 282 g/mol. The standard InChI is InChI=1S/C17H21NO2S/c1-10(2)13-5-7-14(8-6-13)11(3)17-18-12(4)15(21-17)9-16(19)20/h5-8,10-11H,9H2,1-4H3,(H,19,20). The number of carboxylic acids is 1. The molecule has 0 bridgehead atoms. The molecule has 21 heavy (non-hydrogen) atoms. The van der Waals surface area contributed by atoms with Crippen LogP contribution in [0.4, 0.5) is 0 Å². The van der Waals surface area contributed by atoms with Gasteiger partial charge in [-0.3, -0.25) is 4.79 Å². The van der Waals surface area contributed by atoms with Crippen molar-refractivity contribution in [3.8, 4) is 0 Å². The van der Waals surface area contributed by atoms with Crippen LogP contribution in [0.2, 0.25) is 0 Å². The van der Waals surface area contributed by atoms with Crippen molar-refractivity contribution < 1.29 is 9.90 Å². The number of aromatic nitrogens is 1. The highest BCUT2D eigenvalue weighted by Gasteiger charge is 2.17. The van der Waals surface area contributed by atoms with Gasteiger partial charge in [-0.15, -0.1) is 11.3 Å². The van der Waals surface area contributed by atoms with E-state index in [1.54, 1.807) is 0 Å². The number of hydrogen-bond donors (Lipinski definition) is 1. The molecule has 0 fully saturated rings. The molecule has 2 aromatic rings. The first-order valence-corrected chi connectivity index (χ1v) is 7.98. The highest BCUT2D eigenvalue weighted by molar-refractivity contribution is 7.12. The zero-order valence-corrected chi connectivity index (χ0v) is 13.7. The van der Waals surface area contributed by atoms with Gasteiger partial charge in [-0.05, 0) is 24.0 Å². The number of aryl methyl sites for hydroxylation is 1. The third-order valence-corrected chi connectivity index (χ3v) is 5.03. The number of carbonyl (C=O) groups is 1. The average molecular weight is 303 g/mol. The summed E-state index contributed by atoms with van der Waals surface area (Å²) < 4.78 is 0. The maximum Gasteiger partial charge on any atom is 0.308 e. The summed E-state index contributed by atoms with van der Waals surface area (Å²) >= 11 is 1.51. The summed E-state index contributed by atoms with van der Waals surface area (Å²) in [5.74, 6) is -0.0849. The van der Waals surface area contributed by atoms with Crippen LogP contribution in [0.3, 0.4) is 0 Å². The SMILES string of the molecule is Cc1nc(C(C)c2ccc(C(C)C)cc2)sc1CC(=O)O. The Hall–Kier alpha value is -1.68. The molecule has 0 saturated carbocycles. The van der Waals surface area contributed by atoms with Gasteiger partial charge in [-0.25, -0.2) is 4.98 Å². The van der Waals surface area contributed by atoms with Gasteiger partial charge in [0.25, 0.3) is 0 Å². The third kappa shape index (κ3) is 3.70. The lowest BCUT2D eigenvalue weighted by atomic mass is 9.97. The maximum absolute atomic E-state index is 10.9. The van der Waals surface area contributed by atoms with E-state index in [4.69, 9.17) is 5.11 Å². The smallest absolute Gasteiger partial charge is 0.308 e. The van der Waals surface area contributed by atoms with E-state index in [9.17, 15) is 4.79 Å². The fraction of sp³-hybridized carbons (Fsp3) is 0.412. The van der Waals surface area contributed by atoms with Crippen LogP contribution in [0.25, 0.3) is 0 Å². The van der Waals surface area contributed by atoms with Gasteiger partial charge in [-0.2, -0.15) is 0 Å². The molecule has 0 amide bonds. The fourth-order valence-electron chi connectivity index (χ4n) is 2.25. The summed E-state index contributed by atoms with van der Waals surface area (Å²) in [7, 11) is 0. The quantitative estimate of drug-likeness (QED) is 0.893. The number of benzene rings is 1. The van der Waals surface area contributed by atoms with Crippen molar-refractivity contribution in [1.82, 2.24) is 4.98 Å². The first kappa shape index (κ1) is 15.7. The highest BCUT2D eigenvalue weighted by Crippen LogP contribution is 2.30. The summed E-state index contributed by atoms with van der Waals surface area (Å²) in [6.45, 7) is 8.36. The molecule has 1 N–H and O–H groups in total. The predicted molar refractivity (Wildman–Crippen MR) is 86.2 cm³/mol. The van der Waals surface area contributed by atoms with Crippen LogP contribution in [0, 0.1) is 6.92 Å². The molecule has 0 aliphatic heterocycles. The molecule has 1 atom stereocenters. The molecule has 1 heterocycles. The number of hydrogen-bond acceptors (Lipinski definition) is 3. The zero-order chi connectivity index (χ0) is 15.6. The van der Waals surface area contributed by atoms with Gasteiger partial charge >= 0.3 is 5.97 Å². The van der Waals surface area contributed by atoms with Crippen molar-refractivity contribution in [3.05, 3.63) is 51.0 Å². The van der Waals surface area contributed by atoms with Crippen molar-refractivity contribution in [1.29, 1.82) is 0 Å². The van der Waals surface area contributed by atoms with Gasteiger partial charge in [-0.1, -0.05) is 45.0 Å². The van der Waals surface area contributed by atoms with Gasteiger partial charge in [0.2, 0.25) is 0 Å². The summed E-state index contributed by atoms with van der Waals surface area (Å²) in [5, 5.41) is 9.90. The minimum absolute atomic E-state index is 0.0580. The third-order valence-electron chi connectivity index (χ3n) is 3.69. The molecule has 3 nitrogen and oxygen atoms in total. The van der Waals surface area contributed by atoms with E-state index < -0.39 is 5.97 Å². The minimum atomic E-state index is -0.803. The lowest BCUT2D eigenvalue weighted by molar-refractivity contribution is -0.136. The summed E-state index contributed by atoms with van der Waals surface area (Å²) in [5.41, 5.74) is 3.38. The Labute approximate surface area is 129 Å². The Morgan fingerprint density at radius 3 is 2.29 bits per heavy atom. The monoisotopic (exact) mass is 303 g/mol. The summed E-state index contributed by atoms with van der Waals surface area (Å²) in [4.78, 5) is 16.3. The maximum atomic E-state index is 10.9. The molecule has 1 aromatic carbocycles. The Morgan fingerprint density at radius 1 is 1.19 bits per heavy atom. The second-order valence-electron chi connectivity index (χ2n) is 5.67. The van der Waals surface area contributed by atoms with Gasteiger partial charge in [0.05, 0.1) is 12.1 Å². The average Bonchev–Trinajstić information content (AvgIpc) is 2.78. The Morgan fingerprint density at radius 2 is 1.76 bits per heavy atom. The van der Waals surface area contributed by atoms with E-state index in [1.165, 1.54) is 22.5 Å². The van der Waals surface area contributed by atoms with Gasteiger partial charge in [0.1, 0.15) is 5.01 Å². The molecule has 0 aliphatic rings. The van der Waals surface area contributed by atoms with Crippen LogP contribution < -0.4 is 0 Å². The number of carboxylic acid groups (broad SMARTS) is 1. The number of rotatable bonds is 5. The second kappa shape index (κ2) is 6.39. The van der Waals surface area contributed by atoms with E-state index in [0.717, 1.165) is 15.6 Å². The summed E-state index contributed by atoms with van der Waals surface area (Å²) in [6, 6.07) is 8.62. The Balaban J connectivity index is 2.23. The minimum Gasteiger partial charge on any atom is -0.481 e. The predicted octanol–water partition coefficient (Wildman–Crippen LogP) is 4.35. The van der Waals surface area contributed by atoms with Crippen LogP contribution in [-0.2, 0) is 11.2 Å². The first-order chi connectivity index (χ1) is 9.88. The van der Waals surface area contributed by atoms with Crippen molar-refractivity contribution in [3.63, 3.8) is 0 Å². The second-order valence-corrected chi connectivity index (χ2v) is 6.79. The van der Waals surface area contributed by atoms with E-state index in [1.807, 2.05) is 6.92 Å². The van der Waals surface area contributed by atoms with E-state index >= 15 is 0 Å².